The molecular formula is C16H25N5OS. The minimum Gasteiger partial charge on any atom is -0.394 e. The molecule has 0 radical (unpaired) electrons. The topological polar surface area (TPSA) is 75.9 Å². The van der Waals surface area contributed by atoms with Crippen LogP contribution in [0.4, 0.5) is 5.82 Å². The van der Waals surface area contributed by atoms with Crippen molar-refractivity contribution in [3.8, 4) is 0 Å². The van der Waals surface area contributed by atoms with Gasteiger partial charge >= 0.3 is 0 Å². The Kier molecular flexibility index (Phi) is 5.38. The van der Waals surface area contributed by atoms with Crippen molar-refractivity contribution in [3.63, 3.8) is 0 Å². The Labute approximate surface area is 141 Å². The van der Waals surface area contributed by atoms with Crippen LogP contribution in [0.3, 0.4) is 0 Å². The molecule has 23 heavy (non-hydrogen) atoms. The van der Waals surface area contributed by atoms with Crippen molar-refractivity contribution in [1.82, 2.24) is 19.7 Å². The molecule has 7 heteroatoms. The van der Waals surface area contributed by atoms with E-state index in [4.69, 9.17) is 9.97 Å². The summed E-state index contributed by atoms with van der Waals surface area (Å²) in [4.78, 5) is 9.55. The van der Waals surface area contributed by atoms with Crippen LogP contribution in [-0.2, 0) is 7.05 Å². The maximum Gasteiger partial charge on any atom is 0.163 e. The maximum atomic E-state index is 9.64. The minimum absolute atomic E-state index is 0.0113. The van der Waals surface area contributed by atoms with E-state index in [-0.39, 0.29) is 12.6 Å². The molecule has 6 nitrogen and oxygen atoms in total. The highest BCUT2D eigenvalue weighted by atomic mass is 32.2. The fourth-order valence-corrected chi connectivity index (χ4v) is 3.70. The van der Waals surface area contributed by atoms with Crippen LogP contribution in [0.5, 0.6) is 0 Å². The molecule has 2 heterocycles. The minimum atomic E-state index is 0.0113. The lowest BCUT2D eigenvalue weighted by Gasteiger charge is -2.18. The Morgan fingerprint density at radius 3 is 2.87 bits per heavy atom. The molecule has 0 bridgehead atoms. The molecule has 2 aromatic heterocycles. The average molecular weight is 335 g/mol. The van der Waals surface area contributed by atoms with E-state index in [2.05, 4.69) is 16.7 Å². The third-order valence-electron chi connectivity index (χ3n) is 4.56. The SMILES string of the molecule is CSCC[C@@H](CO)Nc1nc(C2CCCC2)nc2c1cnn2C. The quantitative estimate of drug-likeness (QED) is 0.810. The van der Waals surface area contributed by atoms with Gasteiger partial charge in [0.25, 0.3) is 0 Å². The highest BCUT2D eigenvalue weighted by Gasteiger charge is 2.23. The summed E-state index contributed by atoms with van der Waals surface area (Å²) < 4.78 is 1.80. The van der Waals surface area contributed by atoms with Gasteiger partial charge in [0.2, 0.25) is 0 Å². The number of aryl methyl sites for hydroxylation is 1. The predicted octanol–water partition coefficient (Wildman–Crippen LogP) is 2.55. The first-order chi connectivity index (χ1) is 11.2. The molecule has 0 unspecified atom stereocenters. The second-order valence-corrected chi connectivity index (χ2v) is 7.21. The molecule has 1 saturated carbocycles. The summed E-state index contributed by atoms with van der Waals surface area (Å²) in [6.07, 6.45) is 9.63. The van der Waals surface area contributed by atoms with E-state index in [1.54, 1.807) is 22.6 Å². The summed E-state index contributed by atoms with van der Waals surface area (Å²) in [5.41, 5.74) is 0.867. The molecule has 0 aromatic carbocycles. The summed E-state index contributed by atoms with van der Waals surface area (Å²) in [5.74, 6) is 3.19. The highest BCUT2D eigenvalue weighted by molar-refractivity contribution is 7.98. The Balaban J connectivity index is 1.93. The van der Waals surface area contributed by atoms with E-state index in [1.165, 1.54) is 25.7 Å². The van der Waals surface area contributed by atoms with Crippen molar-refractivity contribution in [3.05, 3.63) is 12.0 Å². The number of fused-ring (bicyclic) bond motifs is 1. The van der Waals surface area contributed by atoms with Gasteiger partial charge in [-0.2, -0.15) is 16.9 Å². The van der Waals surface area contributed by atoms with Crippen molar-refractivity contribution in [1.29, 1.82) is 0 Å². The Bertz CT molecular complexity index is 653. The molecule has 1 fully saturated rings. The highest BCUT2D eigenvalue weighted by Crippen LogP contribution is 2.34. The van der Waals surface area contributed by atoms with Crippen molar-refractivity contribution >= 4 is 28.6 Å². The number of rotatable bonds is 7. The largest absolute Gasteiger partial charge is 0.394 e. The monoisotopic (exact) mass is 335 g/mol. The number of thioether (sulfide) groups is 1. The van der Waals surface area contributed by atoms with Gasteiger partial charge in [0.1, 0.15) is 11.6 Å². The van der Waals surface area contributed by atoms with Crippen LogP contribution in [0.15, 0.2) is 6.20 Å². The number of hydrogen-bond acceptors (Lipinski definition) is 6. The molecule has 0 amide bonds. The zero-order chi connectivity index (χ0) is 16.2. The zero-order valence-electron chi connectivity index (χ0n) is 13.8. The molecule has 2 N–H and O–H groups in total. The standard InChI is InChI=1S/C16H25N5OS/c1-21-16-13(9-17-21)15(18-12(10-22)7-8-23-2)19-14(20-16)11-5-3-4-6-11/h9,11-12,22H,3-8,10H2,1-2H3,(H,18,19,20)/t12-/m0/s1. The van der Waals surface area contributed by atoms with Crippen LogP contribution in [0.25, 0.3) is 11.0 Å². The van der Waals surface area contributed by atoms with E-state index in [1.807, 2.05) is 7.05 Å². The number of hydrogen-bond donors (Lipinski definition) is 2. The molecule has 0 aliphatic heterocycles. The van der Waals surface area contributed by atoms with Gasteiger partial charge in [-0.15, -0.1) is 0 Å². The average Bonchev–Trinajstić information content (AvgIpc) is 3.22. The van der Waals surface area contributed by atoms with Crippen LogP contribution < -0.4 is 5.32 Å². The van der Waals surface area contributed by atoms with Gasteiger partial charge in [-0.1, -0.05) is 12.8 Å². The second-order valence-electron chi connectivity index (χ2n) is 6.22. The van der Waals surface area contributed by atoms with E-state index >= 15 is 0 Å². The van der Waals surface area contributed by atoms with Crippen molar-refractivity contribution < 1.29 is 5.11 Å². The van der Waals surface area contributed by atoms with Gasteiger partial charge in [0.15, 0.2) is 5.65 Å². The van der Waals surface area contributed by atoms with Crippen molar-refractivity contribution in [2.24, 2.45) is 7.05 Å². The summed E-state index contributed by atoms with van der Waals surface area (Å²) >= 11 is 1.79. The van der Waals surface area contributed by atoms with E-state index in [9.17, 15) is 5.11 Å². The van der Waals surface area contributed by atoms with Crippen molar-refractivity contribution in [2.45, 2.75) is 44.1 Å². The molecule has 126 valence electrons. The molecule has 2 aromatic rings. The number of aromatic nitrogens is 4. The first kappa shape index (κ1) is 16.5. The van der Waals surface area contributed by atoms with Gasteiger partial charge in [0.05, 0.1) is 24.2 Å². The lowest BCUT2D eigenvalue weighted by atomic mass is 10.1. The van der Waals surface area contributed by atoms with Crippen LogP contribution >= 0.6 is 11.8 Å². The predicted molar refractivity (Wildman–Crippen MR) is 95.0 cm³/mol. The first-order valence-corrected chi connectivity index (χ1v) is 9.68. The lowest BCUT2D eigenvalue weighted by Crippen LogP contribution is -2.25. The molecule has 1 atom stereocenters. The Morgan fingerprint density at radius 1 is 1.39 bits per heavy atom. The van der Waals surface area contributed by atoms with Gasteiger partial charge < -0.3 is 10.4 Å². The maximum absolute atomic E-state index is 9.64. The number of anilines is 1. The molecule has 0 saturated heterocycles. The molecular weight excluding hydrogens is 310 g/mol. The van der Waals surface area contributed by atoms with E-state index in [0.717, 1.165) is 34.8 Å². The fraction of sp³-hybridized carbons (Fsp3) is 0.688. The zero-order valence-corrected chi connectivity index (χ0v) is 14.6. The van der Waals surface area contributed by atoms with Gasteiger partial charge in [-0.3, -0.25) is 4.68 Å². The summed E-state index contributed by atoms with van der Waals surface area (Å²) in [6, 6.07) is 0.0113. The third kappa shape index (κ3) is 3.61. The lowest BCUT2D eigenvalue weighted by molar-refractivity contribution is 0.272. The summed E-state index contributed by atoms with van der Waals surface area (Å²) in [6.45, 7) is 0.102. The molecule has 0 spiro atoms. The van der Waals surface area contributed by atoms with Crippen LogP contribution in [0, 0.1) is 0 Å². The second kappa shape index (κ2) is 7.49. The van der Waals surface area contributed by atoms with E-state index in [0.29, 0.717) is 5.92 Å². The van der Waals surface area contributed by atoms with Gasteiger partial charge in [-0.25, -0.2) is 9.97 Å². The number of nitrogens with zero attached hydrogens (tertiary/aromatic N) is 4. The molecule has 1 aliphatic rings. The van der Waals surface area contributed by atoms with Crippen LogP contribution in [0.2, 0.25) is 0 Å². The van der Waals surface area contributed by atoms with Gasteiger partial charge in [-0.05, 0) is 31.3 Å². The first-order valence-electron chi connectivity index (χ1n) is 8.29. The fourth-order valence-electron chi connectivity index (χ4n) is 3.18. The number of aliphatic hydroxyl groups is 1. The third-order valence-corrected chi connectivity index (χ3v) is 5.21. The Hall–Kier alpha value is -1.34. The normalized spacial score (nSPS) is 17.0. The smallest absolute Gasteiger partial charge is 0.163 e. The number of aliphatic hydroxyl groups excluding tert-OH is 1. The van der Waals surface area contributed by atoms with Gasteiger partial charge in [0, 0.05) is 13.0 Å². The van der Waals surface area contributed by atoms with Crippen LogP contribution in [-0.4, -0.2) is 49.5 Å². The van der Waals surface area contributed by atoms with E-state index < -0.39 is 0 Å². The molecule has 1 aliphatic carbocycles. The Morgan fingerprint density at radius 2 is 2.17 bits per heavy atom. The summed E-state index contributed by atoms with van der Waals surface area (Å²) in [5, 5.41) is 18.3. The number of nitrogens with one attached hydrogen (secondary N) is 1. The summed E-state index contributed by atoms with van der Waals surface area (Å²) in [7, 11) is 1.91. The molecule has 3 rings (SSSR count). The van der Waals surface area contributed by atoms with Crippen molar-refractivity contribution in [2.75, 3.05) is 23.9 Å². The van der Waals surface area contributed by atoms with Crippen LogP contribution in [0.1, 0.15) is 43.8 Å².